The van der Waals surface area contributed by atoms with Gasteiger partial charge in [-0.25, -0.2) is 4.98 Å². The van der Waals surface area contributed by atoms with Crippen molar-refractivity contribution in [1.82, 2.24) is 10.3 Å². The number of amides is 1. The molecule has 1 amide bonds. The minimum atomic E-state index is -0.786. The third-order valence-electron chi connectivity index (χ3n) is 3.66. The van der Waals surface area contributed by atoms with Crippen molar-refractivity contribution in [2.24, 2.45) is 5.73 Å². The first kappa shape index (κ1) is 18.4. The molecule has 0 aromatic carbocycles. The Hall–Kier alpha value is -0.690. The number of carbonyl (C=O) groups excluding carboxylic acids is 1. The number of rotatable bonds is 4. The number of nitrogens with zero attached hydrogens (tertiary/aromatic N) is 1. The molecule has 1 saturated heterocycles. The molecule has 0 atom stereocenters. The number of halogens is 1. The highest BCUT2D eigenvalue weighted by Gasteiger charge is 2.35. The molecule has 1 aromatic heterocycles. The fraction of sp³-hybridized carbons (Fsp3) is 0.714. The maximum Gasteiger partial charge on any atom is 0.240 e. The Morgan fingerprint density at radius 2 is 2.10 bits per heavy atom. The van der Waals surface area contributed by atoms with Crippen molar-refractivity contribution < 1.29 is 9.53 Å². The Labute approximate surface area is 136 Å². The van der Waals surface area contributed by atoms with Crippen LogP contribution in [-0.4, -0.2) is 29.6 Å². The fourth-order valence-electron chi connectivity index (χ4n) is 2.37. The van der Waals surface area contributed by atoms with Crippen LogP contribution >= 0.6 is 23.7 Å². The van der Waals surface area contributed by atoms with Crippen LogP contribution in [0.15, 0.2) is 0 Å². The zero-order chi connectivity index (χ0) is 14.8. The Bertz CT molecular complexity index is 485. The molecule has 0 spiro atoms. The summed E-state index contributed by atoms with van der Waals surface area (Å²) in [5, 5.41) is 3.86. The number of hydrogen-bond acceptors (Lipinski definition) is 5. The molecule has 120 valence electrons. The van der Waals surface area contributed by atoms with Crippen LogP contribution in [-0.2, 0) is 16.1 Å². The van der Waals surface area contributed by atoms with Crippen LogP contribution in [0.1, 0.15) is 48.2 Å². The summed E-state index contributed by atoms with van der Waals surface area (Å²) in [4.78, 5) is 18.0. The van der Waals surface area contributed by atoms with Gasteiger partial charge < -0.3 is 15.8 Å². The van der Waals surface area contributed by atoms with Crippen LogP contribution in [0.2, 0.25) is 0 Å². The third kappa shape index (κ3) is 4.39. The molecule has 2 rings (SSSR count). The summed E-state index contributed by atoms with van der Waals surface area (Å²) in [5.74, 6) is 0.312. The molecule has 1 aliphatic heterocycles. The Balaban J connectivity index is 0.00000220. The van der Waals surface area contributed by atoms with Gasteiger partial charge in [-0.1, -0.05) is 13.8 Å². The van der Waals surface area contributed by atoms with E-state index in [4.69, 9.17) is 10.5 Å². The number of aryl methyl sites for hydroxylation is 1. The number of nitrogens with two attached hydrogens (primary N) is 1. The normalized spacial score (nSPS) is 17.4. The molecular formula is C14H24ClN3O2S. The van der Waals surface area contributed by atoms with Crippen LogP contribution in [0.3, 0.4) is 0 Å². The monoisotopic (exact) mass is 333 g/mol. The summed E-state index contributed by atoms with van der Waals surface area (Å²) < 4.78 is 5.25. The van der Waals surface area contributed by atoms with Crippen LogP contribution < -0.4 is 11.1 Å². The minimum Gasteiger partial charge on any atom is -0.381 e. The van der Waals surface area contributed by atoms with E-state index >= 15 is 0 Å². The van der Waals surface area contributed by atoms with Crippen molar-refractivity contribution >= 4 is 29.7 Å². The van der Waals surface area contributed by atoms with Gasteiger partial charge >= 0.3 is 0 Å². The number of nitrogens with one attached hydrogen (secondary N) is 1. The first-order chi connectivity index (χ1) is 9.42. The van der Waals surface area contributed by atoms with Gasteiger partial charge in [0.1, 0.15) is 5.01 Å². The Kier molecular flexibility index (Phi) is 6.59. The predicted molar refractivity (Wildman–Crippen MR) is 87.0 cm³/mol. The molecule has 5 nitrogen and oxygen atoms in total. The van der Waals surface area contributed by atoms with Crippen molar-refractivity contribution in [1.29, 1.82) is 0 Å². The van der Waals surface area contributed by atoms with Gasteiger partial charge in [-0.2, -0.15) is 0 Å². The molecule has 3 N–H and O–H groups in total. The Morgan fingerprint density at radius 3 is 2.62 bits per heavy atom. The quantitative estimate of drug-likeness (QED) is 0.884. The molecule has 0 saturated carbocycles. The molecule has 7 heteroatoms. The van der Waals surface area contributed by atoms with E-state index < -0.39 is 5.54 Å². The number of ether oxygens (including phenoxy) is 1. The van der Waals surface area contributed by atoms with E-state index in [1.54, 1.807) is 11.3 Å². The molecular weight excluding hydrogens is 310 g/mol. The molecule has 1 aliphatic rings. The topological polar surface area (TPSA) is 77.2 Å². The van der Waals surface area contributed by atoms with Gasteiger partial charge in [-0.3, -0.25) is 4.79 Å². The molecule has 1 fully saturated rings. The minimum absolute atomic E-state index is 0. The van der Waals surface area contributed by atoms with Crippen LogP contribution in [0.4, 0.5) is 0 Å². The highest BCUT2D eigenvalue weighted by atomic mass is 35.5. The first-order valence-corrected chi connectivity index (χ1v) is 7.85. The van der Waals surface area contributed by atoms with Gasteiger partial charge in [-0.15, -0.1) is 23.7 Å². The van der Waals surface area contributed by atoms with Crippen LogP contribution in [0.5, 0.6) is 0 Å². The first-order valence-electron chi connectivity index (χ1n) is 7.03. The van der Waals surface area contributed by atoms with E-state index in [0.29, 0.717) is 38.5 Å². The van der Waals surface area contributed by atoms with E-state index in [9.17, 15) is 4.79 Å². The molecule has 1 aromatic rings. The SMILES string of the molecule is Cc1sc(CNC(=O)C2(N)CCOCC2)nc1C(C)C.Cl. The lowest BCUT2D eigenvalue weighted by atomic mass is 9.90. The fourth-order valence-corrected chi connectivity index (χ4v) is 3.40. The average molecular weight is 334 g/mol. The van der Waals surface area contributed by atoms with E-state index in [0.717, 1.165) is 10.7 Å². The summed E-state index contributed by atoms with van der Waals surface area (Å²) in [5.41, 5.74) is 6.47. The van der Waals surface area contributed by atoms with E-state index in [1.165, 1.54) is 4.88 Å². The van der Waals surface area contributed by atoms with Gasteiger partial charge in [0.15, 0.2) is 0 Å². The standard InChI is InChI=1S/C14H23N3O2S.ClH/c1-9(2)12-10(3)20-11(17-12)8-16-13(18)14(15)4-6-19-7-5-14;/h9H,4-8,15H2,1-3H3,(H,16,18);1H. The maximum absolute atomic E-state index is 12.2. The summed E-state index contributed by atoms with van der Waals surface area (Å²) >= 11 is 1.64. The summed E-state index contributed by atoms with van der Waals surface area (Å²) in [6.45, 7) is 7.89. The highest BCUT2D eigenvalue weighted by Crippen LogP contribution is 2.24. The lowest BCUT2D eigenvalue weighted by Gasteiger charge is -2.31. The maximum atomic E-state index is 12.2. The lowest BCUT2D eigenvalue weighted by molar-refractivity contribution is -0.129. The number of hydrogen-bond donors (Lipinski definition) is 2. The molecule has 0 unspecified atom stereocenters. The van der Waals surface area contributed by atoms with Gasteiger partial charge in [-0.05, 0) is 25.7 Å². The van der Waals surface area contributed by atoms with Gasteiger partial charge in [0.2, 0.25) is 5.91 Å². The van der Waals surface area contributed by atoms with Gasteiger partial charge in [0.05, 0.1) is 17.8 Å². The number of carbonyl (C=O) groups is 1. The summed E-state index contributed by atoms with van der Waals surface area (Å²) in [6, 6.07) is 0. The zero-order valence-electron chi connectivity index (χ0n) is 12.8. The van der Waals surface area contributed by atoms with Crippen molar-refractivity contribution in [3.8, 4) is 0 Å². The molecule has 0 bridgehead atoms. The number of aromatic nitrogens is 1. The van der Waals surface area contributed by atoms with Crippen molar-refractivity contribution in [3.63, 3.8) is 0 Å². The second kappa shape index (κ2) is 7.54. The highest BCUT2D eigenvalue weighted by molar-refractivity contribution is 7.11. The van der Waals surface area contributed by atoms with Gasteiger partial charge in [0, 0.05) is 18.1 Å². The second-order valence-corrected chi connectivity index (χ2v) is 6.94. The van der Waals surface area contributed by atoms with E-state index in [1.807, 2.05) is 0 Å². The number of thiazole rings is 1. The van der Waals surface area contributed by atoms with Crippen LogP contribution in [0.25, 0.3) is 0 Å². The lowest BCUT2D eigenvalue weighted by Crippen LogP contribution is -2.56. The third-order valence-corrected chi connectivity index (χ3v) is 4.65. The largest absolute Gasteiger partial charge is 0.381 e. The molecule has 0 radical (unpaired) electrons. The summed E-state index contributed by atoms with van der Waals surface area (Å²) in [6.07, 6.45) is 1.15. The molecule has 21 heavy (non-hydrogen) atoms. The van der Waals surface area contributed by atoms with Crippen molar-refractivity contribution in [2.75, 3.05) is 13.2 Å². The van der Waals surface area contributed by atoms with Crippen LogP contribution in [0, 0.1) is 6.92 Å². The van der Waals surface area contributed by atoms with E-state index in [-0.39, 0.29) is 18.3 Å². The Morgan fingerprint density at radius 1 is 1.48 bits per heavy atom. The average Bonchev–Trinajstić information content (AvgIpc) is 2.78. The van der Waals surface area contributed by atoms with Crippen molar-refractivity contribution in [2.45, 2.75) is 51.6 Å². The van der Waals surface area contributed by atoms with E-state index in [2.05, 4.69) is 31.1 Å². The molecule has 0 aliphatic carbocycles. The zero-order valence-corrected chi connectivity index (χ0v) is 14.4. The molecule has 2 heterocycles. The summed E-state index contributed by atoms with van der Waals surface area (Å²) in [7, 11) is 0. The van der Waals surface area contributed by atoms with Gasteiger partial charge in [0.25, 0.3) is 0 Å². The van der Waals surface area contributed by atoms with Crippen molar-refractivity contribution in [3.05, 3.63) is 15.6 Å². The second-order valence-electron chi connectivity index (χ2n) is 5.65. The smallest absolute Gasteiger partial charge is 0.240 e. The predicted octanol–water partition coefficient (Wildman–Crippen LogP) is 2.12.